The normalized spacial score (nSPS) is 36.2. The van der Waals surface area contributed by atoms with E-state index in [0.29, 0.717) is 30.0 Å². The first-order valence-electron chi connectivity index (χ1n) is 12.3. The number of piperazine rings is 1. The van der Waals surface area contributed by atoms with Gasteiger partial charge < -0.3 is 15.3 Å². The predicted molar refractivity (Wildman–Crippen MR) is 127 cm³/mol. The number of pyridine rings is 1. The van der Waals surface area contributed by atoms with Gasteiger partial charge in [0.2, 0.25) is 0 Å². The van der Waals surface area contributed by atoms with Crippen molar-refractivity contribution in [1.82, 2.24) is 15.2 Å². The molecule has 1 aliphatic heterocycles. The van der Waals surface area contributed by atoms with Gasteiger partial charge in [0.15, 0.2) is 0 Å². The van der Waals surface area contributed by atoms with Crippen molar-refractivity contribution in [2.75, 3.05) is 43.1 Å². The van der Waals surface area contributed by atoms with Crippen molar-refractivity contribution < 1.29 is 18.3 Å². The van der Waals surface area contributed by atoms with E-state index >= 15 is 0 Å². The highest BCUT2D eigenvalue weighted by Crippen LogP contribution is 2.55. The Balaban J connectivity index is 1.22. The number of nitrogens with zero attached hydrogens (tertiary/aromatic N) is 3. The van der Waals surface area contributed by atoms with Gasteiger partial charge in [-0.15, -0.1) is 0 Å². The third-order valence-electron chi connectivity index (χ3n) is 8.29. The summed E-state index contributed by atoms with van der Waals surface area (Å²) < 4.78 is 23.0. The zero-order valence-corrected chi connectivity index (χ0v) is 20.4. The monoisotopic (exact) mass is 476 g/mol. The zero-order valence-electron chi connectivity index (χ0n) is 19.6. The van der Waals surface area contributed by atoms with E-state index in [-0.39, 0.29) is 23.7 Å². The lowest BCUT2D eigenvalue weighted by atomic mass is 9.52. The van der Waals surface area contributed by atoms with Crippen LogP contribution in [-0.2, 0) is 9.84 Å². The third kappa shape index (κ3) is 4.91. The summed E-state index contributed by atoms with van der Waals surface area (Å²) in [5.41, 5.74) is -0.0677. The number of hydrogen-bond acceptors (Lipinski definition) is 7. The average Bonchev–Trinajstić information content (AvgIpc) is 2.73. The standard InChI is InChI=1S/C24H36N4O4S/c1-16-15-27(8-9-33(2,31)32)6-7-28(16)21-5-3-4-20(25-21)23(29)26-22-18-10-17-11-19(22)14-24(30,12-17)13-18/h3-5,16-19,22,30H,6-15H2,1-2H3,(H,26,29)/t16-,17?,18?,19?,22-,24-/m1/s1. The minimum absolute atomic E-state index is 0.124. The van der Waals surface area contributed by atoms with E-state index in [1.807, 2.05) is 12.1 Å². The molecule has 182 valence electrons. The molecule has 8 nitrogen and oxygen atoms in total. The molecule has 6 rings (SSSR count). The maximum absolute atomic E-state index is 13.1. The third-order valence-corrected chi connectivity index (χ3v) is 9.21. The van der Waals surface area contributed by atoms with E-state index in [2.05, 4.69) is 22.0 Å². The summed E-state index contributed by atoms with van der Waals surface area (Å²) in [7, 11) is -2.97. The summed E-state index contributed by atoms with van der Waals surface area (Å²) in [5.74, 6) is 2.19. The van der Waals surface area contributed by atoms with Crippen LogP contribution < -0.4 is 10.2 Å². The number of hydrogen-bond donors (Lipinski definition) is 2. The molecule has 33 heavy (non-hydrogen) atoms. The molecule has 1 aromatic rings. The molecule has 2 N–H and O–H groups in total. The molecule has 1 aromatic heterocycles. The van der Waals surface area contributed by atoms with Crippen LogP contribution in [0.3, 0.4) is 0 Å². The Morgan fingerprint density at radius 1 is 1.21 bits per heavy atom. The second-order valence-electron chi connectivity index (χ2n) is 11.0. The van der Waals surface area contributed by atoms with E-state index in [1.165, 1.54) is 6.26 Å². The number of aromatic nitrogens is 1. The van der Waals surface area contributed by atoms with Crippen molar-refractivity contribution in [2.45, 2.75) is 56.7 Å². The van der Waals surface area contributed by atoms with E-state index < -0.39 is 15.4 Å². The van der Waals surface area contributed by atoms with E-state index in [9.17, 15) is 18.3 Å². The summed E-state index contributed by atoms with van der Waals surface area (Å²) in [5, 5.41) is 14.1. The first-order chi connectivity index (χ1) is 15.6. The number of amides is 1. The lowest BCUT2D eigenvalue weighted by Crippen LogP contribution is -2.61. The second kappa shape index (κ2) is 8.50. The lowest BCUT2D eigenvalue weighted by Gasteiger charge is -2.58. The van der Waals surface area contributed by atoms with Crippen LogP contribution >= 0.6 is 0 Å². The molecular weight excluding hydrogens is 440 g/mol. The lowest BCUT2D eigenvalue weighted by molar-refractivity contribution is -0.136. The summed E-state index contributed by atoms with van der Waals surface area (Å²) in [6.45, 7) is 4.94. The van der Waals surface area contributed by atoms with Crippen LogP contribution in [0.5, 0.6) is 0 Å². The number of nitrogens with one attached hydrogen (secondary N) is 1. The van der Waals surface area contributed by atoms with Crippen molar-refractivity contribution in [1.29, 1.82) is 0 Å². The fraction of sp³-hybridized carbons (Fsp3) is 0.750. The molecular formula is C24H36N4O4S. The number of aliphatic hydroxyl groups is 1. The minimum atomic E-state index is -2.97. The van der Waals surface area contributed by atoms with Gasteiger partial charge in [0.1, 0.15) is 21.3 Å². The van der Waals surface area contributed by atoms with Gasteiger partial charge in [-0.3, -0.25) is 9.69 Å². The first kappa shape index (κ1) is 23.1. The van der Waals surface area contributed by atoms with Gasteiger partial charge in [-0.2, -0.15) is 0 Å². The number of carbonyl (C=O) groups excluding carboxylic acids is 1. The molecule has 2 unspecified atom stereocenters. The van der Waals surface area contributed by atoms with E-state index in [0.717, 1.165) is 57.6 Å². The van der Waals surface area contributed by atoms with Crippen LogP contribution in [0.1, 0.15) is 49.5 Å². The molecule has 1 saturated heterocycles. The molecule has 0 radical (unpaired) electrons. The van der Waals surface area contributed by atoms with Gasteiger partial charge in [-0.05, 0) is 68.9 Å². The van der Waals surface area contributed by atoms with Crippen LogP contribution in [0.15, 0.2) is 18.2 Å². The van der Waals surface area contributed by atoms with Crippen molar-refractivity contribution >= 4 is 21.6 Å². The van der Waals surface area contributed by atoms with Crippen molar-refractivity contribution in [3.05, 3.63) is 23.9 Å². The Hall–Kier alpha value is -1.71. The van der Waals surface area contributed by atoms with Gasteiger partial charge in [0, 0.05) is 44.5 Å². The fourth-order valence-electron chi connectivity index (χ4n) is 7.02. The molecule has 3 atom stereocenters. The quantitative estimate of drug-likeness (QED) is 0.638. The topological polar surface area (TPSA) is 103 Å². The van der Waals surface area contributed by atoms with Crippen LogP contribution in [0, 0.1) is 17.8 Å². The van der Waals surface area contributed by atoms with Crippen LogP contribution in [0.4, 0.5) is 5.82 Å². The Bertz CT molecular complexity index is 999. The maximum atomic E-state index is 13.1. The molecule has 0 spiro atoms. The van der Waals surface area contributed by atoms with Gasteiger partial charge >= 0.3 is 0 Å². The highest BCUT2D eigenvalue weighted by atomic mass is 32.2. The van der Waals surface area contributed by atoms with E-state index in [1.54, 1.807) is 6.07 Å². The molecule has 4 bridgehead atoms. The van der Waals surface area contributed by atoms with Gasteiger partial charge in [-0.25, -0.2) is 13.4 Å². The molecule has 1 amide bonds. The predicted octanol–water partition coefficient (Wildman–Crippen LogP) is 1.31. The van der Waals surface area contributed by atoms with Gasteiger partial charge in [0.05, 0.1) is 11.4 Å². The molecule has 5 aliphatic rings. The Morgan fingerprint density at radius 2 is 1.94 bits per heavy atom. The maximum Gasteiger partial charge on any atom is 0.270 e. The van der Waals surface area contributed by atoms with Crippen molar-refractivity contribution in [3.63, 3.8) is 0 Å². The number of anilines is 1. The highest BCUT2D eigenvalue weighted by molar-refractivity contribution is 7.90. The van der Waals surface area contributed by atoms with Crippen LogP contribution in [0.25, 0.3) is 0 Å². The molecule has 9 heteroatoms. The van der Waals surface area contributed by atoms with Crippen molar-refractivity contribution in [2.24, 2.45) is 17.8 Å². The van der Waals surface area contributed by atoms with Gasteiger partial charge in [0.25, 0.3) is 5.91 Å². The van der Waals surface area contributed by atoms with Crippen LogP contribution in [0.2, 0.25) is 0 Å². The molecule has 5 fully saturated rings. The molecule has 2 heterocycles. The number of rotatable bonds is 6. The smallest absolute Gasteiger partial charge is 0.270 e. The zero-order chi connectivity index (χ0) is 23.4. The highest BCUT2D eigenvalue weighted by Gasteiger charge is 2.55. The Labute approximate surface area is 196 Å². The minimum Gasteiger partial charge on any atom is -0.390 e. The summed E-state index contributed by atoms with van der Waals surface area (Å²) in [4.78, 5) is 22.2. The molecule has 4 saturated carbocycles. The summed E-state index contributed by atoms with van der Waals surface area (Å²) in [6, 6.07) is 5.92. The Morgan fingerprint density at radius 3 is 2.58 bits per heavy atom. The Kier molecular flexibility index (Phi) is 5.94. The summed E-state index contributed by atoms with van der Waals surface area (Å²) >= 11 is 0. The average molecular weight is 477 g/mol. The molecule has 4 aliphatic carbocycles. The number of carbonyl (C=O) groups is 1. The van der Waals surface area contributed by atoms with Gasteiger partial charge in [-0.1, -0.05) is 6.07 Å². The SMILES string of the molecule is C[C@@H]1CN(CCS(C)(=O)=O)CCN1c1cccc(C(=O)N[C@H]2C3CC4CC2C[C@](O)(C4)C3)n1. The molecule has 0 aromatic carbocycles. The first-order valence-corrected chi connectivity index (χ1v) is 14.3. The summed E-state index contributed by atoms with van der Waals surface area (Å²) in [6.07, 6.45) is 6.04. The van der Waals surface area contributed by atoms with E-state index in [4.69, 9.17) is 4.98 Å². The number of sulfone groups is 1. The second-order valence-corrected chi connectivity index (χ2v) is 13.3. The van der Waals surface area contributed by atoms with Crippen molar-refractivity contribution in [3.8, 4) is 0 Å². The fourth-order valence-corrected chi connectivity index (χ4v) is 7.61. The van der Waals surface area contributed by atoms with Crippen LogP contribution in [-0.4, -0.2) is 85.2 Å². The largest absolute Gasteiger partial charge is 0.390 e.